The first-order valence-corrected chi connectivity index (χ1v) is 19.8. The summed E-state index contributed by atoms with van der Waals surface area (Å²) in [7, 11) is 0. The third-order valence-corrected chi connectivity index (χ3v) is 16.5. The zero-order chi connectivity index (χ0) is 36.6. The molecule has 0 radical (unpaired) electrons. The van der Waals surface area contributed by atoms with E-state index in [0.717, 1.165) is 25.9 Å². The molecule has 0 amide bonds. The van der Waals surface area contributed by atoms with E-state index in [-0.39, 0.29) is 16.2 Å². The summed E-state index contributed by atoms with van der Waals surface area (Å²) in [6.07, 6.45) is 14.9. The van der Waals surface area contributed by atoms with Gasteiger partial charge in [-0.1, -0.05) is 77.1 Å². The van der Waals surface area contributed by atoms with Crippen molar-refractivity contribution in [1.29, 1.82) is 0 Å². The van der Waals surface area contributed by atoms with Gasteiger partial charge in [-0.3, -0.25) is 0 Å². The zero-order valence-corrected chi connectivity index (χ0v) is 32.0. The van der Waals surface area contributed by atoms with E-state index in [0.29, 0.717) is 51.5 Å². The van der Waals surface area contributed by atoms with Gasteiger partial charge in [-0.15, -0.1) is 0 Å². The predicted octanol–water partition coefficient (Wildman–Crippen LogP) is 10.6. The van der Waals surface area contributed by atoms with E-state index >= 15 is 0 Å². The van der Waals surface area contributed by atoms with Crippen molar-refractivity contribution in [2.75, 3.05) is 13.1 Å². The van der Waals surface area contributed by atoms with Crippen molar-refractivity contribution in [2.45, 2.75) is 106 Å². The third kappa shape index (κ3) is 5.58. The second-order valence-electron chi connectivity index (χ2n) is 18.9. The fraction of sp³-hybridized carbons (Fsp3) is 0.609. The molecule has 4 saturated carbocycles. The average Bonchev–Trinajstić information content (AvgIpc) is 3.47. The van der Waals surface area contributed by atoms with Crippen LogP contribution in [-0.4, -0.2) is 35.2 Å². The lowest BCUT2D eigenvalue weighted by atomic mass is 9.32. The van der Waals surface area contributed by atoms with Gasteiger partial charge in [0.15, 0.2) is 0 Å². The smallest absolute Gasteiger partial charge is 0.335 e. The standard InChI is InChI=1S/C46H61NO4/c1-29(2)34-18-24-46(28-47-27-21-30-8-10-32(11-9-30)40(48)49)26-25-44(6)36(39(34)46)16-17-38-43(5)22-19-35(31-12-14-33(15-13-31)41(50)51)42(3,4)37(43)20-23-45(38,44)7/h8-15,19,34,36-39,47H,1,16-18,20-28H2,2-7H3,(H,48,49)(H,50,51). The Hall–Kier alpha value is -3.18. The summed E-state index contributed by atoms with van der Waals surface area (Å²) < 4.78 is 0. The number of benzene rings is 2. The van der Waals surface area contributed by atoms with E-state index in [1.54, 1.807) is 24.3 Å². The Balaban J connectivity index is 1.13. The second kappa shape index (κ2) is 12.7. The molecule has 9 atom stereocenters. The first kappa shape index (κ1) is 36.2. The molecule has 274 valence electrons. The minimum absolute atomic E-state index is 0.0129. The molecule has 5 heteroatoms. The molecule has 4 fully saturated rings. The van der Waals surface area contributed by atoms with Crippen LogP contribution in [0, 0.1) is 56.7 Å². The van der Waals surface area contributed by atoms with Crippen LogP contribution in [0.3, 0.4) is 0 Å². The molecule has 2 aromatic rings. The molecule has 0 aliphatic heterocycles. The number of carboxylic acids is 2. The predicted molar refractivity (Wildman–Crippen MR) is 206 cm³/mol. The number of rotatable bonds is 9. The quantitative estimate of drug-likeness (QED) is 0.180. The summed E-state index contributed by atoms with van der Waals surface area (Å²) in [4.78, 5) is 22.9. The summed E-state index contributed by atoms with van der Waals surface area (Å²) in [5.74, 6) is 1.50. The lowest BCUT2D eigenvalue weighted by molar-refractivity contribution is -0.225. The van der Waals surface area contributed by atoms with Crippen molar-refractivity contribution in [1.82, 2.24) is 5.32 Å². The van der Waals surface area contributed by atoms with Gasteiger partial charge in [0.05, 0.1) is 11.1 Å². The van der Waals surface area contributed by atoms with E-state index in [9.17, 15) is 19.8 Å². The topological polar surface area (TPSA) is 86.6 Å². The molecule has 0 saturated heterocycles. The third-order valence-electron chi connectivity index (χ3n) is 16.5. The van der Waals surface area contributed by atoms with Crippen molar-refractivity contribution in [2.24, 2.45) is 56.7 Å². The van der Waals surface area contributed by atoms with Gasteiger partial charge in [0, 0.05) is 6.54 Å². The molecule has 9 unspecified atom stereocenters. The fourth-order valence-electron chi connectivity index (χ4n) is 13.9. The number of fused-ring (bicyclic) bond motifs is 7. The Morgan fingerprint density at radius 3 is 2.06 bits per heavy atom. The van der Waals surface area contributed by atoms with Gasteiger partial charge in [-0.05, 0) is 175 Å². The maximum Gasteiger partial charge on any atom is 0.335 e. The fourth-order valence-corrected chi connectivity index (χ4v) is 13.9. The number of carboxylic acid groups (broad SMARTS) is 2. The van der Waals surface area contributed by atoms with Crippen LogP contribution in [0.15, 0.2) is 66.8 Å². The summed E-state index contributed by atoms with van der Waals surface area (Å²) in [5, 5.41) is 22.7. The highest BCUT2D eigenvalue weighted by Crippen LogP contribution is 2.77. The summed E-state index contributed by atoms with van der Waals surface area (Å²) in [6.45, 7) is 21.9. The highest BCUT2D eigenvalue weighted by molar-refractivity contribution is 5.88. The second-order valence-corrected chi connectivity index (χ2v) is 18.9. The Morgan fingerprint density at radius 2 is 1.43 bits per heavy atom. The minimum Gasteiger partial charge on any atom is -0.478 e. The molecule has 51 heavy (non-hydrogen) atoms. The maximum atomic E-state index is 11.6. The highest BCUT2D eigenvalue weighted by Gasteiger charge is 2.70. The Labute approximate surface area is 306 Å². The Kier molecular flexibility index (Phi) is 9.04. The molecule has 3 N–H and O–H groups in total. The normalized spacial score (nSPS) is 38.0. The Morgan fingerprint density at radius 1 is 0.784 bits per heavy atom. The van der Waals surface area contributed by atoms with Crippen LogP contribution in [0.25, 0.3) is 5.57 Å². The van der Waals surface area contributed by atoms with E-state index in [2.05, 4.69) is 59.5 Å². The number of carbonyl (C=O) groups is 2. The van der Waals surface area contributed by atoms with Crippen LogP contribution < -0.4 is 5.32 Å². The first-order valence-electron chi connectivity index (χ1n) is 19.8. The lowest BCUT2D eigenvalue weighted by Crippen LogP contribution is -2.65. The number of hydrogen-bond acceptors (Lipinski definition) is 3. The van der Waals surface area contributed by atoms with Crippen LogP contribution in [0.2, 0.25) is 0 Å². The number of allylic oxidation sites excluding steroid dienone is 3. The van der Waals surface area contributed by atoms with Crippen LogP contribution in [0.5, 0.6) is 0 Å². The molecule has 0 heterocycles. The van der Waals surface area contributed by atoms with Crippen molar-refractivity contribution in [3.8, 4) is 0 Å². The SMILES string of the molecule is C=C(C)C1CCC2(CNCCc3ccc(C(=O)O)cc3)CCC3(C)C(CCC4C5(C)CC=C(c6ccc(C(=O)O)cc6)C(C)(C)C5CCC43C)C12. The van der Waals surface area contributed by atoms with Gasteiger partial charge < -0.3 is 15.5 Å². The van der Waals surface area contributed by atoms with Gasteiger partial charge in [-0.2, -0.15) is 0 Å². The molecular formula is C46H61NO4. The minimum atomic E-state index is -0.872. The van der Waals surface area contributed by atoms with Crippen molar-refractivity contribution in [3.63, 3.8) is 0 Å². The lowest BCUT2D eigenvalue weighted by Gasteiger charge is -2.72. The molecule has 5 aliphatic carbocycles. The van der Waals surface area contributed by atoms with Gasteiger partial charge >= 0.3 is 11.9 Å². The molecule has 0 aromatic heterocycles. The first-order chi connectivity index (χ1) is 24.1. The van der Waals surface area contributed by atoms with Crippen molar-refractivity contribution >= 4 is 17.5 Å². The molecule has 5 nitrogen and oxygen atoms in total. The monoisotopic (exact) mass is 691 g/mol. The molecule has 0 bridgehead atoms. The highest BCUT2D eigenvalue weighted by atomic mass is 16.4. The number of aromatic carboxylic acids is 2. The number of hydrogen-bond donors (Lipinski definition) is 3. The van der Waals surface area contributed by atoms with E-state index in [1.807, 2.05) is 24.3 Å². The van der Waals surface area contributed by atoms with Crippen LogP contribution in [-0.2, 0) is 6.42 Å². The van der Waals surface area contributed by atoms with E-state index in [4.69, 9.17) is 0 Å². The summed E-state index contributed by atoms with van der Waals surface area (Å²) >= 11 is 0. The van der Waals surface area contributed by atoms with Crippen LogP contribution >= 0.6 is 0 Å². The van der Waals surface area contributed by atoms with Crippen molar-refractivity contribution in [3.05, 3.63) is 89.0 Å². The summed E-state index contributed by atoms with van der Waals surface area (Å²) in [6, 6.07) is 15.0. The zero-order valence-electron chi connectivity index (χ0n) is 32.0. The Bertz CT molecular complexity index is 1720. The average molecular weight is 692 g/mol. The van der Waals surface area contributed by atoms with Gasteiger partial charge in [-0.25, -0.2) is 9.59 Å². The number of nitrogens with one attached hydrogen (secondary N) is 1. The van der Waals surface area contributed by atoms with Crippen LogP contribution in [0.4, 0.5) is 0 Å². The van der Waals surface area contributed by atoms with E-state index in [1.165, 1.54) is 73.6 Å². The van der Waals surface area contributed by atoms with Gasteiger partial charge in [0.25, 0.3) is 0 Å². The molecule has 0 spiro atoms. The molecule has 7 rings (SSSR count). The van der Waals surface area contributed by atoms with Crippen LogP contribution in [0.1, 0.15) is 131 Å². The van der Waals surface area contributed by atoms with E-state index < -0.39 is 11.9 Å². The molecule has 5 aliphatic rings. The maximum absolute atomic E-state index is 11.6. The largest absolute Gasteiger partial charge is 0.478 e. The van der Waals surface area contributed by atoms with Gasteiger partial charge in [0.2, 0.25) is 0 Å². The molecule has 2 aromatic carbocycles. The van der Waals surface area contributed by atoms with Gasteiger partial charge in [0.1, 0.15) is 0 Å². The molecular weight excluding hydrogens is 631 g/mol. The summed E-state index contributed by atoms with van der Waals surface area (Å²) in [5.41, 5.74) is 6.98. The van der Waals surface area contributed by atoms with Crippen molar-refractivity contribution < 1.29 is 19.8 Å².